The first-order valence-corrected chi connectivity index (χ1v) is 11.8. The molecular formula is C25H25ClN6O3. The summed E-state index contributed by atoms with van der Waals surface area (Å²) in [5, 5.41) is 5.00. The van der Waals surface area contributed by atoms with Crippen molar-refractivity contribution in [2.45, 2.75) is 26.2 Å². The van der Waals surface area contributed by atoms with Crippen molar-refractivity contribution < 1.29 is 9.32 Å². The zero-order chi connectivity index (χ0) is 24.7. The van der Waals surface area contributed by atoms with E-state index >= 15 is 0 Å². The molecule has 180 valence electrons. The van der Waals surface area contributed by atoms with Crippen LogP contribution in [-0.2, 0) is 5.41 Å². The zero-order valence-electron chi connectivity index (χ0n) is 19.7. The van der Waals surface area contributed by atoms with Crippen molar-refractivity contribution in [3.05, 3.63) is 69.3 Å². The number of anilines is 1. The summed E-state index contributed by atoms with van der Waals surface area (Å²) in [6, 6.07) is 12.3. The van der Waals surface area contributed by atoms with E-state index in [1.165, 1.54) is 0 Å². The van der Waals surface area contributed by atoms with E-state index in [4.69, 9.17) is 16.1 Å². The van der Waals surface area contributed by atoms with E-state index in [1.807, 2.05) is 37.8 Å². The number of piperazine rings is 1. The maximum Gasteiger partial charge on any atom is 0.260 e. The molecule has 9 nitrogen and oxygen atoms in total. The molecule has 0 radical (unpaired) electrons. The number of halogens is 1. The third kappa shape index (κ3) is 4.64. The second kappa shape index (κ2) is 8.81. The van der Waals surface area contributed by atoms with Crippen LogP contribution in [0.1, 0.15) is 37.0 Å². The standard InChI is InChI=1S/C25H25ClN6O3/c1-25(2,3)23-28-20(30-35-23)15-4-6-16(7-5-15)22(34)31-10-12-32(13-11-31)24-27-19-9-8-17(26)14-18(19)21(33)29-24/h4-9,14H,10-13H2,1-3H3,(H,27,29,33). The van der Waals surface area contributed by atoms with Crippen LogP contribution in [0.5, 0.6) is 0 Å². The molecule has 1 fully saturated rings. The van der Waals surface area contributed by atoms with Crippen molar-refractivity contribution in [3.8, 4) is 11.4 Å². The molecule has 0 aliphatic carbocycles. The Hall–Kier alpha value is -3.72. The molecule has 10 heteroatoms. The summed E-state index contributed by atoms with van der Waals surface area (Å²) in [6.45, 7) is 8.18. The second-order valence-corrected chi connectivity index (χ2v) is 10.0. The first kappa shape index (κ1) is 23.0. The minimum Gasteiger partial charge on any atom is -0.339 e. The number of carbonyl (C=O) groups excluding carboxylic acids is 1. The van der Waals surface area contributed by atoms with E-state index in [9.17, 15) is 9.59 Å². The number of hydrogen-bond donors (Lipinski definition) is 1. The number of fused-ring (bicyclic) bond motifs is 1. The van der Waals surface area contributed by atoms with Crippen molar-refractivity contribution in [1.82, 2.24) is 25.0 Å². The Morgan fingerprint density at radius 3 is 2.40 bits per heavy atom. The highest BCUT2D eigenvalue weighted by Crippen LogP contribution is 2.24. The number of aromatic nitrogens is 4. The second-order valence-electron chi connectivity index (χ2n) is 9.58. The molecule has 4 aromatic rings. The van der Waals surface area contributed by atoms with Gasteiger partial charge in [-0.2, -0.15) is 4.98 Å². The summed E-state index contributed by atoms with van der Waals surface area (Å²) in [5.74, 6) is 1.52. The minimum absolute atomic E-state index is 0.0469. The quantitative estimate of drug-likeness (QED) is 0.462. The number of rotatable bonds is 3. The summed E-state index contributed by atoms with van der Waals surface area (Å²) in [7, 11) is 0. The Morgan fingerprint density at radius 2 is 1.74 bits per heavy atom. The smallest absolute Gasteiger partial charge is 0.260 e. The average molecular weight is 493 g/mol. The van der Waals surface area contributed by atoms with E-state index in [0.717, 1.165) is 5.56 Å². The topological polar surface area (TPSA) is 108 Å². The molecule has 0 spiro atoms. The molecule has 0 bridgehead atoms. The van der Waals surface area contributed by atoms with Gasteiger partial charge >= 0.3 is 0 Å². The van der Waals surface area contributed by atoms with E-state index in [0.29, 0.717) is 65.3 Å². The predicted molar refractivity (Wildman–Crippen MR) is 134 cm³/mol. The van der Waals surface area contributed by atoms with Gasteiger partial charge in [-0.1, -0.05) is 49.7 Å². The molecule has 1 aliphatic heterocycles. The van der Waals surface area contributed by atoms with E-state index in [2.05, 4.69) is 20.1 Å². The Labute approximate surface area is 206 Å². The van der Waals surface area contributed by atoms with Crippen LogP contribution >= 0.6 is 11.6 Å². The lowest BCUT2D eigenvalue weighted by Gasteiger charge is -2.35. The molecule has 1 aliphatic rings. The molecule has 1 amide bonds. The number of benzene rings is 2. The lowest BCUT2D eigenvalue weighted by Crippen LogP contribution is -2.49. The van der Waals surface area contributed by atoms with Crippen molar-refractivity contribution >= 4 is 34.4 Å². The van der Waals surface area contributed by atoms with Gasteiger partial charge in [-0.15, -0.1) is 0 Å². The number of H-pyrrole nitrogens is 1. The molecule has 1 N–H and O–H groups in total. The van der Waals surface area contributed by atoms with Crippen LogP contribution in [0.15, 0.2) is 51.8 Å². The lowest BCUT2D eigenvalue weighted by atomic mass is 9.97. The van der Waals surface area contributed by atoms with Gasteiger partial charge in [0.25, 0.3) is 11.5 Å². The van der Waals surface area contributed by atoms with Gasteiger partial charge in [0.2, 0.25) is 17.7 Å². The van der Waals surface area contributed by atoms with Crippen molar-refractivity contribution in [1.29, 1.82) is 0 Å². The Bertz CT molecular complexity index is 1450. The van der Waals surface area contributed by atoms with Crippen LogP contribution in [0.3, 0.4) is 0 Å². The number of aromatic amines is 1. The van der Waals surface area contributed by atoms with Gasteiger partial charge in [0.15, 0.2) is 0 Å². The molecule has 0 unspecified atom stereocenters. The number of amides is 1. The normalized spacial score (nSPS) is 14.5. The molecule has 0 atom stereocenters. The third-order valence-electron chi connectivity index (χ3n) is 5.98. The fraction of sp³-hybridized carbons (Fsp3) is 0.320. The van der Waals surface area contributed by atoms with Gasteiger partial charge < -0.3 is 14.3 Å². The average Bonchev–Trinajstić information content (AvgIpc) is 3.35. The largest absolute Gasteiger partial charge is 0.339 e. The van der Waals surface area contributed by atoms with Crippen LogP contribution in [0.25, 0.3) is 22.3 Å². The van der Waals surface area contributed by atoms with Gasteiger partial charge in [-0.05, 0) is 30.3 Å². The summed E-state index contributed by atoms with van der Waals surface area (Å²) < 4.78 is 5.37. The molecular weight excluding hydrogens is 468 g/mol. The highest BCUT2D eigenvalue weighted by Gasteiger charge is 2.25. The molecule has 2 aromatic heterocycles. The Morgan fingerprint density at radius 1 is 1.03 bits per heavy atom. The summed E-state index contributed by atoms with van der Waals surface area (Å²) in [6.07, 6.45) is 0. The van der Waals surface area contributed by atoms with Crippen LogP contribution in [0, 0.1) is 0 Å². The molecule has 1 saturated heterocycles. The Kier molecular flexibility index (Phi) is 5.80. The molecule has 35 heavy (non-hydrogen) atoms. The van der Waals surface area contributed by atoms with Crippen molar-refractivity contribution in [2.75, 3.05) is 31.1 Å². The number of carbonyl (C=O) groups is 1. The molecule has 2 aromatic carbocycles. The van der Waals surface area contributed by atoms with E-state index < -0.39 is 0 Å². The van der Waals surface area contributed by atoms with E-state index in [-0.39, 0.29) is 16.9 Å². The van der Waals surface area contributed by atoms with Gasteiger partial charge in [-0.3, -0.25) is 14.6 Å². The number of nitrogens with one attached hydrogen (secondary N) is 1. The van der Waals surface area contributed by atoms with Gasteiger partial charge in [0.1, 0.15) is 0 Å². The fourth-order valence-corrected chi connectivity index (χ4v) is 4.13. The fourth-order valence-electron chi connectivity index (χ4n) is 3.96. The van der Waals surface area contributed by atoms with Crippen molar-refractivity contribution in [2.24, 2.45) is 0 Å². The maximum atomic E-state index is 13.1. The highest BCUT2D eigenvalue weighted by molar-refractivity contribution is 6.31. The van der Waals surface area contributed by atoms with Gasteiger partial charge in [0, 0.05) is 47.7 Å². The number of nitrogens with zero attached hydrogens (tertiary/aromatic N) is 5. The van der Waals surface area contributed by atoms with Crippen LogP contribution < -0.4 is 10.5 Å². The summed E-state index contributed by atoms with van der Waals surface area (Å²) >= 11 is 5.99. The minimum atomic E-state index is -0.234. The monoisotopic (exact) mass is 492 g/mol. The first-order valence-electron chi connectivity index (χ1n) is 11.4. The highest BCUT2D eigenvalue weighted by atomic mass is 35.5. The van der Waals surface area contributed by atoms with Crippen LogP contribution in [0.2, 0.25) is 5.02 Å². The number of hydrogen-bond acceptors (Lipinski definition) is 7. The lowest BCUT2D eigenvalue weighted by molar-refractivity contribution is 0.0746. The summed E-state index contributed by atoms with van der Waals surface area (Å²) in [5.41, 5.74) is 1.51. The molecule has 3 heterocycles. The third-order valence-corrected chi connectivity index (χ3v) is 6.21. The Balaban J connectivity index is 1.25. The van der Waals surface area contributed by atoms with Crippen LogP contribution in [0.4, 0.5) is 5.95 Å². The van der Waals surface area contributed by atoms with Gasteiger partial charge in [-0.25, -0.2) is 4.98 Å². The van der Waals surface area contributed by atoms with Crippen molar-refractivity contribution in [3.63, 3.8) is 0 Å². The molecule has 5 rings (SSSR count). The molecule has 0 saturated carbocycles. The van der Waals surface area contributed by atoms with Gasteiger partial charge in [0.05, 0.1) is 10.9 Å². The first-order chi connectivity index (χ1) is 16.7. The summed E-state index contributed by atoms with van der Waals surface area (Å²) in [4.78, 5) is 41.2. The van der Waals surface area contributed by atoms with Crippen LogP contribution in [-0.4, -0.2) is 57.1 Å². The van der Waals surface area contributed by atoms with E-state index in [1.54, 1.807) is 35.2 Å². The maximum absolute atomic E-state index is 13.1. The predicted octanol–water partition coefficient (Wildman–Crippen LogP) is 3.89. The SMILES string of the molecule is CC(C)(C)c1nc(-c2ccc(C(=O)N3CCN(c4nc5ccc(Cl)cc5c(=O)[nH]4)CC3)cc2)no1. The zero-order valence-corrected chi connectivity index (χ0v) is 20.5.